The minimum Gasteiger partial charge on any atom is -0.493 e. The Kier molecular flexibility index (Phi) is 2.77. The standard InChI is InChI=1S/C16H21NO4/c1-20-12-4-2-3-10-13(12)21-14-11(18)5-6-15(19)9-17-8-7-16(10,14)15/h2-4,11,14,17-19H,5-9H2,1H3. The number of rotatable bonds is 1. The smallest absolute Gasteiger partial charge is 0.165 e. The number of aliphatic hydroxyl groups excluding tert-OH is 1. The van der Waals surface area contributed by atoms with Gasteiger partial charge in [0, 0.05) is 12.1 Å². The summed E-state index contributed by atoms with van der Waals surface area (Å²) in [5.74, 6) is 1.36. The van der Waals surface area contributed by atoms with Gasteiger partial charge in [-0.2, -0.15) is 0 Å². The topological polar surface area (TPSA) is 71.0 Å². The van der Waals surface area contributed by atoms with E-state index in [9.17, 15) is 10.2 Å². The summed E-state index contributed by atoms with van der Waals surface area (Å²) < 4.78 is 11.5. The van der Waals surface area contributed by atoms with Crippen molar-refractivity contribution in [1.29, 1.82) is 0 Å². The van der Waals surface area contributed by atoms with Crippen LogP contribution in [0.15, 0.2) is 18.2 Å². The Bertz CT molecular complexity index is 577. The molecule has 2 heterocycles. The number of hydrogen-bond acceptors (Lipinski definition) is 5. The molecule has 1 aliphatic carbocycles. The zero-order valence-electron chi connectivity index (χ0n) is 12.1. The van der Waals surface area contributed by atoms with Crippen LogP contribution in [0.5, 0.6) is 11.5 Å². The summed E-state index contributed by atoms with van der Waals surface area (Å²) >= 11 is 0. The monoisotopic (exact) mass is 291 g/mol. The first-order chi connectivity index (χ1) is 10.1. The van der Waals surface area contributed by atoms with Gasteiger partial charge in [0.05, 0.1) is 24.2 Å². The molecule has 2 fully saturated rings. The fourth-order valence-electron chi connectivity index (χ4n) is 4.55. The van der Waals surface area contributed by atoms with E-state index in [1.54, 1.807) is 7.11 Å². The number of methoxy groups -OCH3 is 1. The maximum atomic E-state index is 11.3. The third kappa shape index (κ3) is 1.51. The SMILES string of the molecule is COc1cccc2c1OC1C(O)CCC3(O)CNCCC213. The summed E-state index contributed by atoms with van der Waals surface area (Å²) in [4.78, 5) is 0. The summed E-state index contributed by atoms with van der Waals surface area (Å²) in [5, 5.41) is 25.0. The van der Waals surface area contributed by atoms with E-state index in [0.717, 1.165) is 18.5 Å². The van der Waals surface area contributed by atoms with Crippen LogP contribution < -0.4 is 14.8 Å². The van der Waals surface area contributed by atoms with Gasteiger partial charge in [-0.1, -0.05) is 12.1 Å². The first-order valence-corrected chi connectivity index (χ1v) is 7.58. The molecular formula is C16H21NO4. The number of benzene rings is 1. The van der Waals surface area contributed by atoms with Gasteiger partial charge in [-0.15, -0.1) is 0 Å². The van der Waals surface area contributed by atoms with Crippen LogP contribution in [0.2, 0.25) is 0 Å². The van der Waals surface area contributed by atoms with Gasteiger partial charge in [-0.05, 0) is 31.9 Å². The maximum absolute atomic E-state index is 11.3. The number of hydrogen-bond donors (Lipinski definition) is 3. The maximum Gasteiger partial charge on any atom is 0.165 e. The van der Waals surface area contributed by atoms with Crippen molar-refractivity contribution >= 4 is 0 Å². The average molecular weight is 291 g/mol. The molecule has 5 heteroatoms. The van der Waals surface area contributed by atoms with E-state index in [0.29, 0.717) is 30.9 Å². The van der Waals surface area contributed by atoms with Crippen molar-refractivity contribution in [3.8, 4) is 11.5 Å². The molecule has 2 aliphatic heterocycles. The molecule has 4 atom stereocenters. The van der Waals surface area contributed by atoms with Gasteiger partial charge in [0.25, 0.3) is 0 Å². The Hall–Kier alpha value is -1.30. The van der Waals surface area contributed by atoms with Crippen molar-refractivity contribution in [3.05, 3.63) is 23.8 Å². The average Bonchev–Trinajstić information content (AvgIpc) is 2.85. The van der Waals surface area contributed by atoms with Crippen LogP contribution in [-0.4, -0.2) is 48.2 Å². The molecule has 0 bridgehead atoms. The van der Waals surface area contributed by atoms with Gasteiger partial charge in [0.1, 0.15) is 6.10 Å². The van der Waals surface area contributed by atoms with E-state index in [1.165, 1.54) is 0 Å². The lowest BCUT2D eigenvalue weighted by atomic mass is 9.55. The second kappa shape index (κ2) is 4.35. The second-order valence-electron chi connectivity index (χ2n) is 6.41. The van der Waals surface area contributed by atoms with Crippen LogP contribution in [-0.2, 0) is 5.41 Å². The highest BCUT2D eigenvalue weighted by Gasteiger charge is 2.66. The zero-order chi connectivity index (χ0) is 14.7. The van der Waals surface area contributed by atoms with E-state index < -0.39 is 23.2 Å². The lowest BCUT2D eigenvalue weighted by Crippen LogP contribution is -2.70. The van der Waals surface area contributed by atoms with E-state index >= 15 is 0 Å². The third-order valence-corrected chi connectivity index (χ3v) is 5.56. The Labute approximate surface area is 123 Å². The summed E-state index contributed by atoms with van der Waals surface area (Å²) in [6, 6.07) is 5.80. The number of fused-ring (bicyclic) bond motifs is 1. The van der Waals surface area contributed by atoms with Crippen molar-refractivity contribution in [2.24, 2.45) is 0 Å². The molecule has 4 rings (SSSR count). The summed E-state index contributed by atoms with van der Waals surface area (Å²) in [6.07, 6.45) is 0.939. The minimum atomic E-state index is -0.882. The number of ether oxygens (including phenoxy) is 2. The number of nitrogens with one attached hydrogen (secondary N) is 1. The molecule has 0 aromatic heterocycles. The minimum absolute atomic E-state index is 0.398. The van der Waals surface area contributed by atoms with Crippen molar-refractivity contribution in [2.75, 3.05) is 20.2 Å². The van der Waals surface area contributed by atoms with E-state index in [1.807, 2.05) is 18.2 Å². The Balaban J connectivity index is 1.94. The zero-order valence-corrected chi connectivity index (χ0v) is 12.1. The lowest BCUT2D eigenvalue weighted by Gasteiger charge is -2.55. The highest BCUT2D eigenvalue weighted by atomic mass is 16.5. The van der Waals surface area contributed by atoms with Crippen LogP contribution in [0.3, 0.4) is 0 Å². The molecule has 3 N–H and O–H groups in total. The molecule has 3 aliphatic rings. The molecule has 21 heavy (non-hydrogen) atoms. The fourth-order valence-corrected chi connectivity index (χ4v) is 4.55. The van der Waals surface area contributed by atoms with E-state index in [4.69, 9.17) is 9.47 Å². The molecule has 0 radical (unpaired) electrons. The Morgan fingerprint density at radius 2 is 2.24 bits per heavy atom. The van der Waals surface area contributed by atoms with Gasteiger partial charge in [-0.3, -0.25) is 0 Å². The van der Waals surface area contributed by atoms with Crippen molar-refractivity contribution in [1.82, 2.24) is 5.32 Å². The molecule has 5 nitrogen and oxygen atoms in total. The predicted octanol–water partition coefficient (Wildman–Crippen LogP) is 0.573. The Morgan fingerprint density at radius 1 is 1.38 bits per heavy atom. The highest BCUT2D eigenvalue weighted by Crippen LogP contribution is 2.59. The molecule has 1 saturated heterocycles. The Morgan fingerprint density at radius 3 is 3.05 bits per heavy atom. The lowest BCUT2D eigenvalue weighted by molar-refractivity contribution is -0.156. The van der Waals surface area contributed by atoms with E-state index in [-0.39, 0.29) is 0 Å². The van der Waals surface area contributed by atoms with Crippen molar-refractivity contribution in [2.45, 2.75) is 42.5 Å². The quantitative estimate of drug-likeness (QED) is 0.706. The highest BCUT2D eigenvalue weighted by molar-refractivity contribution is 5.57. The van der Waals surface area contributed by atoms with Crippen LogP contribution in [0.25, 0.3) is 0 Å². The molecule has 0 amide bonds. The number of β-amino-alcohol motifs (C(OH)–C–C–N with tert-alkyl or cyclic N) is 1. The van der Waals surface area contributed by atoms with Crippen LogP contribution in [0.1, 0.15) is 24.8 Å². The summed E-state index contributed by atoms with van der Waals surface area (Å²) in [6.45, 7) is 1.35. The molecule has 4 unspecified atom stereocenters. The number of para-hydroxylation sites is 1. The van der Waals surface area contributed by atoms with Gasteiger partial charge in [-0.25, -0.2) is 0 Å². The molecule has 1 aromatic carbocycles. The molecule has 1 saturated carbocycles. The van der Waals surface area contributed by atoms with Crippen molar-refractivity contribution < 1.29 is 19.7 Å². The first kappa shape index (κ1) is 13.4. The normalized spacial score (nSPS) is 40.7. The number of piperidine rings is 1. The molecular weight excluding hydrogens is 270 g/mol. The van der Waals surface area contributed by atoms with Crippen LogP contribution in [0, 0.1) is 0 Å². The van der Waals surface area contributed by atoms with E-state index in [2.05, 4.69) is 5.32 Å². The van der Waals surface area contributed by atoms with Crippen LogP contribution in [0.4, 0.5) is 0 Å². The van der Waals surface area contributed by atoms with Crippen molar-refractivity contribution in [3.63, 3.8) is 0 Å². The van der Waals surface area contributed by atoms with Gasteiger partial charge >= 0.3 is 0 Å². The van der Waals surface area contributed by atoms with Gasteiger partial charge in [0.2, 0.25) is 0 Å². The largest absolute Gasteiger partial charge is 0.493 e. The van der Waals surface area contributed by atoms with Crippen LogP contribution >= 0.6 is 0 Å². The molecule has 1 aromatic rings. The fraction of sp³-hybridized carbons (Fsp3) is 0.625. The van der Waals surface area contributed by atoms with Gasteiger partial charge in [0.15, 0.2) is 11.5 Å². The third-order valence-electron chi connectivity index (χ3n) is 5.56. The molecule has 114 valence electrons. The predicted molar refractivity (Wildman–Crippen MR) is 76.8 cm³/mol. The first-order valence-electron chi connectivity index (χ1n) is 7.58. The number of aliphatic hydroxyl groups is 2. The van der Waals surface area contributed by atoms with Gasteiger partial charge < -0.3 is 25.0 Å². The summed E-state index contributed by atoms with van der Waals surface area (Å²) in [7, 11) is 1.61. The molecule has 1 spiro atoms. The second-order valence-corrected chi connectivity index (χ2v) is 6.41. The summed E-state index contributed by atoms with van der Waals surface area (Å²) in [5.41, 5.74) is -0.443.